The third kappa shape index (κ3) is 11.5. The number of nitrogens with zero attached hydrogens (tertiary/aromatic N) is 3. The molecule has 1 aliphatic carbocycles. The van der Waals surface area contributed by atoms with Crippen molar-refractivity contribution in [1.29, 1.82) is 0 Å². The van der Waals surface area contributed by atoms with Gasteiger partial charge in [0, 0.05) is 37.5 Å². The summed E-state index contributed by atoms with van der Waals surface area (Å²) in [5.74, 6) is -2.52. The van der Waals surface area contributed by atoms with Crippen LogP contribution in [0.5, 0.6) is 0 Å². The summed E-state index contributed by atoms with van der Waals surface area (Å²) in [5.41, 5.74) is 4.80. The van der Waals surface area contributed by atoms with E-state index in [1.165, 1.54) is 11.3 Å². The molecule has 1 aromatic heterocycles. The van der Waals surface area contributed by atoms with Gasteiger partial charge in [-0.25, -0.2) is 4.98 Å². The monoisotopic (exact) mass is 865 g/mol. The molecule has 7 atom stereocenters. The fraction of sp³-hybridized carbons (Fsp3) is 0.490. The van der Waals surface area contributed by atoms with Crippen molar-refractivity contribution in [2.24, 2.45) is 11.8 Å². The molecule has 1 fully saturated rings. The van der Waals surface area contributed by atoms with Crippen LogP contribution < -0.4 is 10.6 Å². The highest BCUT2D eigenvalue weighted by molar-refractivity contribution is 7.09. The van der Waals surface area contributed by atoms with Gasteiger partial charge < -0.3 is 30.1 Å². The van der Waals surface area contributed by atoms with Crippen LogP contribution in [0, 0.1) is 11.8 Å². The summed E-state index contributed by atoms with van der Waals surface area (Å²) in [6, 6.07) is 23.9. The summed E-state index contributed by atoms with van der Waals surface area (Å²) < 4.78 is 11.7. The number of hydrogen-bond donors (Lipinski definition) is 3. The van der Waals surface area contributed by atoms with Crippen LogP contribution in [-0.2, 0) is 36.8 Å². The molecule has 3 aromatic carbocycles. The predicted octanol–water partition coefficient (Wildman–Crippen LogP) is 7.84. The number of hydrogen-bond acceptors (Lipinski definition) is 9. The van der Waals surface area contributed by atoms with Crippen LogP contribution in [-0.4, -0.2) is 95.2 Å². The molecule has 0 radical (unpaired) electrons. The maximum Gasteiger partial charge on any atom is 0.311 e. The fourth-order valence-electron chi connectivity index (χ4n) is 8.84. The van der Waals surface area contributed by atoms with Crippen molar-refractivity contribution in [3.63, 3.8) is 0 Å². The van der Waals surface area contributed by atoms with Gasteiger partial charge in [-0.05, 0) is 78.9 Å². The number of benzene rings is 3. The molecule has 3 amide bonds. The molecule has 13 heteroatoms. The summed E-state index contributed by atoms with van der Waals surface area (Å²) in [4.78, 5) is 64.1. The number of piperidine rings is 1. The largest absolute Gasteiger partial charge is 0.481 e. The molecular weight excluding hydrogens is 803 g/mol. The highest BCUT2D eigenvalue weighted by Gasteiger charge is 2.39. The van der Waals surface area contributed by atoms with Crippen molar-refractivity contribution in [1.82, 2.24) is 25.4 Å². The van der Waals surface area contributed by atoms with E-state index in [0.717, 1.165) is 53.6 Å². The Hall–Kier alpha value is -4.95. The standard InChI is InChI=1S/C49H63N5O7S/c1-7-32(4)44(52-46(56)41-20-14-15-23-53(41)5)48(57)54(28-33-16-10-8-11-17-33)42(31(2)3)27-43(61-30-60-6)47-51-40(29-62-47)45(55)50-37-24-36-22-21-35(34-18-12-9-13-19-34)25-38(36)39(26-37)49(58)59/h8-13,16-19,21-22,25,29,31-32,37,39,41-44H,7,14-15,20,23-24,26-28,30H2,1-6H3,(H,50,55)(H,52,56)(H,58,59)/t32?,37-,39+,41?,42+,43+,44?/m0/s1. The predicted molar refractivity (Wildman–Crippen MR) is 242 cm³/mol. The number of carbonyl (C=O) groups is 4. The van der Waals surface area contributed by atoms with Gasteiger partial charge in [0.25, 0.3) is 5.91 Å². The van der Waals surface area contributed by atoms with Crippen LogP contribution in [0.2, 0.25) is 0 Å². The van der Waals surface area contributed by atoms with Crippen molar-refractivity contribution in [2.75, 3.05) is 27.5 Å². The van der Waals surface area contributed by atoms with Crippen LogP contribution in [0.25, 0.3) is 11.1 Å². The number of likely N-dealkylation sites (tertiary alicyclic amines) is 1. The molecule has 6 rings (SSSR count). The molecule has 0 saturated carbocycles. The third-order valence-electron chi connectivity index (χ3n) is 12.6. The maximum atomic E-state index is 15.1. The van der Waals surface area contributed by atoms with Gasteiger partial charge in [0.05, 0.1) is 12.0 Å². The average Bonchev–Trinajstić information content (AvgIpc) is 3.78. The number of aromatic nitrogens is 1. The SMILES string of the molecule is CCC(C)C(NC(=O)C1CCCCN1C)C(=O)N(Cc1ccccc1)[C@H](C[C@@H](OCOC)c1nc(C(=O)N[C@H]2Cc3ccc(-c4ccccc4)cc3[C@H](C(=O)O)C2)cs1)C(C)C. The molecule has 12 nitrogen and oxygen atoms in total. The number of thiazole rings is 1. The molecule has 4 aromatic rings. The fourth-order valence-corrected chi connectivity index (χ4v) is 9.70. The van der Waals surface area contributed by atoms with Crippen LogP contribution >= 0.6 is 11.3 Å². The first-order valence-electron chi connectivity index (χ1n) is 22.0. The van der Waals surface area contributed by atoms with E-state index in [1.807, 2.05) is 105 Å². The first-order valence-corrected chi connectivity index (χ1v) is 22.9. The number of carboxylic acids is 1. The van der Waals surface area contributed by atoms with E-state index in [9.17, 15) is 19.5 Å². The maximum absolute atomic E-state index is 15.1. The van der Waals surface area contributed by atoms with E-state index in [-0.39, 0.29) is 54.6 Å². The second-order valence-electron chi connectivity index (χ2n) is 17.3. The Morgan fingerprint density at radius 1 is 0.984 bits per heavy atom. The van der Waals surface area contributed by atoms with Gasteiger partial charge in [-0.3, -0.25) is 24.1 Å². The van der Waals surface area contributed by atoms with Gasteiger partial charge in [0.2, 0.25) is 11.8 Å². The van der Waals surface area contributed by atoms with E-state index >= 15 is 4.79 Å². The summed E-state index contributed by atoms with van der Waals surface area (Å²) >= 11 is 1.30. The lowest BCUT2D eigenvalue weighted by Gasteiger charge is -2.40. The molecule has 1 aliphatic heterocycles. The van der Waals surface area contributed by atoms with Gasteiger partial charge in [0.1, 0.15) is 29.6 Å². The third-order valence-corrected chi connectivity index (χ3v) is 13.6. The summed E-state index contributed by atoms with van der Waals surface area (Å²) in [7, 11) is 3.51. The highest BCUT2D eigenvalue weighted by atomic mass is 32.1. The number of nitrogens with one attached hydrogen (secondary N) is 2. The van der Waals surface area contributed by atoms with Crippen LogP contribution in [0.1, 0.15) is 110 Å². The van der Waals surface area contributed by atoms with Gasteiger partial charge in [-0.2, -0.15) is 0 Å². The Labute approximate surface area is 370 Å². The van der Waals surface area contributed by atoms with Crippen molar-refractivity contribution in [3.05, 3.63) is 112 Å². The van der Waals surface area contributed by atoms with Crippen LogP contribution in [0.4, 0.5) is 0 Å². The Kier molecular flexibility index (Phi) is 16.4. The number of methoxy groups -OCH3 is 1. The number of amides is 3. The van der Waals surface area contributed by atoms with Crippen LogP contribution in [0.3, 0.4) is 0 Å². The van der Waals surface area contributed by atoms with E-state index in [0.29, 0.717) is 30.8 Å². The Morgan fingerprint density at radius 2 is 1.71 bits per heavy atom. The Morgan fingerprint density at radius 3 is 2.37 bits per heavy atom. The quantitative estimate of drug-likeness (QED) is 0.0802. The molecule has 0 spiro atoms. The molecule has 2 heterocycles. The summed E-state index contributed by atoms with van der Waals surface area (Å²) in [6.07, 6.45) is 3.94. The molecule has 62 heavy (non-hydrogen) atoms. The van der Waals surface area contributed by atoms with Gasteiger partial charge in [0.15, 0.2) is 0 Å². The molecule has 332 valence electrons. The molecular formula is C49H63N5O7S. The van der Waals surface area contributed by atoms with Crippen molar-refractivity contribution >= 4 is 35.0 Å². The van der Waals surface area contributed by atoms with Crippen molar-refractivity contribution in [2.45, 2.75) is 115 Å². The van der Waals surface area contributed by atoms with E-state index in [1.54, 1.807) is 12.5 Å². The van der Waals surface area contributed by atoms with Gasteiger partial charge >= 0.3 is 5.97 Å². The number of rotatable bonds is 19. The summed E-state index contributed by atoms with van der Waals surface area (Å²) in [6.45, 7) is 9.34. The van der Waals surface area contributed by atoms with Gasteiger partial charge in [-0.15, -0.1) is 11.3 Å². The number of carboxylic acid groups (broad SMARTS) is 1. The van der Waals surface area contributed by atoms with Crippen molar-refractivity contribution < 1.29 is 33.8 Å². The Balaban J connectivity index is 1.23. The second-order valence-corrected chi connectivity index (χ2v) is 18.2. The molecule has 1 saturated heterocycles. The highest BCUT2D eigenvalue weighted by Crippen LogP contribution is 2.36. The molecule has 3 N–H and O–H groups in total. The zero-order valence-electron chi connectivity index (χ0n) is 36.9. The minimum Gasteiger partial charge on any atom is -0.481 e. The number of fused-ring (bicyclic) bond motifs is 1. The average molecular weight is 866 g/mol. The van der Waals surface area contributed by atoms with Crippen molar-refractivity contribution in [3.8, 4) is 11.1 Å². The van der Waals surface area contributed by atoms with Gasteiger partial charge in [-0.1, -0.05) is 119 Å². The number of ether oxygens (including phenoxy) is 2. The van der Waals surface area contributed by atoms with E-state index in [4.69, 9.17) is 14.5 Å². The van der Waals surface area contributed by atoms with Crippen LogP contribution in [0.15, 0.2) is 84.2 Å². The minimum absolute atomic E-state index is 0.0306. The lowest BCUT2D eigenvalue weighted by molar-refractivity contribution is -0.144. The molecule has 3 unspecified atom stereocenters. The minimum atomic E-state index is -0.932. The Bertz CT molecular complexity index is 2110. The lowest BCUT2D eigenvalue weighted by atomic mass is 9.79. The first-order chi connectivity index (χ1) is 29.9. The number of carbonyl (C=O) groups excluding carboxylic acids is 3. The van der Waals surface area contributed by atoms with E-state index in [2.05, 4.69) is 29.4 Å². The zero-order chi connectivity index (χ0) is 44.3. The normalized spacial score (nSPS) is 19.8. The zero-order valence-corrected chi connectivity index (χ0v) is 37.7. The number of likely N-dealkylation sites (N-methyl/N-ethyl adjacent to an activating group) is 1. The first kappa shape index (κ1) is 46.6. The summed E-state index contributed by atoms with van der Waals surface area (Å²) in [5, 5.41) is 18.8. The molecule has 0 bridgehead atoms. The smallest absolute Gasteiger partial charge is 0.311 e. The van der Waals surface area contributed by atoms with E-state index < -0.39 is 36.0 Å². The molecule has 2 aliphatic rings. The second kappa shape index (κ2) is 21.9. The lowest BCUT2D eigenvalue weighted by Crippen LogP contribution is -2.58. The number of aliphatic carboxylic acids is 1. The topological polar surface area (TPSA) is 150 Å².